The predicted octanol–water partition coefficient (Wildman–Crippen LogP) is 1.86. The molecule has 0 spiro atoms. The fourth-order valence-electron chi connectivity index (χ4n) is 1.98. The fourth-order valence-corrected chi connectivity index (χ4v) is 1.98. The lowest BCUT2D eigenvalue weighted by atomic mass is 10.1. The average Bonchev–Trinajstić information content (AvgIpc) is 2.97. The lowest BCUT2D eigenvalue weighted by Crippen LogP contribution is -1.98. The summed E-state index contributed by atoms with van der Waals surface area (Å²) in [6.07, 6.45) is 3.56. The third-order valence-corrected chi connectivity index (χ3v) is 2.94. The van der Waals surface area contributed by atoms with Gasteiger partial charge in [0.1, 0.15) is 0 Å². The molecule has 18 heavy (non-hydrogen) atoms. The highest BCUT2D eigenvalue weighted by Gasteiger charge is 2.15. The molecular weight excluding hydrogens is 230 g/mol. The number of hydrogen-bond donors (Lipinski definition) is 0. The number of aromatic nitrogens is 2. The summed E-state index contributed by atoms with van der Waals surface area (Å²) in [5.41, 5.74) is 2.06. The molecule has 1 aliphatic rings. The first-order chi connectivity index (χ1) is 8.79. The molecule has 2 heterocycles. The molecule has 0 fully saturated rings. The SMILES string of the molecule is CN=Cc1ncc(-c2ccc3c(c2)OCO3)n1C. The van der Waals surface area contributed by atoms with Crippen LogP contribution < -0.4 is 9.47 Å². The fraction of sp³-hybridized carbons (Fsp3) is 0.231. The van der Waals surface area contributed by atoms with Crippen LogP contribution in [-0.2, 0) is 7.05 Å². The van der Waals surface area contributed by atoms with Gasteiger partial charge in [-0.1, -0.05) is 0 Å². The molecule has 2 aromatic rings. The van der Waals surface area contributed by atoms with Crippen LogP contribution in [0.4, 0.5) is 0 Å². The Labute approximate surface area is 105 Å². The van der Waals surface area contributed by atoms with Crippen LogP contribution in [0.1, 0.15) is 5.82 Å². The van der Waals surface area contributed by atoms with Gasteiger partial charge in [0.25, 0.3) is 0 Å². The minimum atomic E-state index is 0.290. The van der Waals surface area contributed by atoms with E-state index in [1.54, 1.807) is 13.3 Å². The van der Waals surface area contributed by atoms with E-state index >= 15 is 0 Å². The lowest BCUT2D eigenvalue weighted by Gasteiger charge is -2.04. The maximum absolute atomic E-state index is 5.38. The molecule has 1 aromatic carbocycles. The highest BCUT2D eigenvalue weighted by atomic mass is 16.7. The van der Waals surface area contributed by atoms with E-state index in [-0.39, 0.29) is 6.79 Å². The van der Waals surface area contributed by atoms with Gasteiger partial charge in [0, 0.05) is 19.7 Å². The summed E-state index contributed by atoms with van der Waals surface area (Å²) in [5, 5.41) is 0. The van der Waals surface area contributed by atoms with E-state index in [0.29, 0.717) is 0 Å². The minimum Gasteiger partial charge on any atom is -0.454 e. The third kappa shape index (κ3) is 1.64. The Balaban J connectivity index is 2.05. The number of ether oxygens (including phenoxy) is 2. The average molecular weight is 243 g/mol. The zero-order valence-corrected chi connectivity index (χ0v) is 10.3. The van der Waals surface area contributed by atoms with Crippen LogP contribution in [0.2, 0.25) is 0 Å². The Kier molecular flexibility index (Phi) is 2.51. The molecule has 0 atom stereocenters. The van der Waals surface area contributed by atoms with Crippen LogP contribution >= 0.6 is 0 Å². The molecule has 1 aliphatic heterocycles. The largest absolute Gasteiger partial charge is 0.454 e. The molecule has 5 heteroatoms. The first-order valence-electron chi connectivity index (χ1n) is 5.63. The van der Waals surface area contributed by atoms with Crippen LogP contribution in [0.3, 0.4) is 0 Å². The van der Waals surface area contributed by atoms with E-state index in [1.165, 1.54) is 0 Å². The highest BCUT2D eigenvalue weighted by molar-refractivity contribution is 5.77. The van der Waals surface area contributed by atoms with Gasteiger partial charge in [-0.2, -0.15) is 0 Å². The van der Waals surface area contributed by atoms with Crippen molar-refractivity contribution in [1.29, 1.82) is 0 Å². The van der Waals surface area contributed by atoms with Gasteiger partial charge >= 0.3 is 0 Å². The molecular formula is C13H13N3O2. The van der Waals surface area contributed by atoms with Crippen LogP contribution in [0.15, 0.2) is 29.4 Å². The van der Waals surface area contributed by atoms with Crippen LogP contribution in [0, 0.1) is 0 Å². The Morgan fingerprint density at radius 3 is 3.00 bits per heavy atom. The monoisotopic (exact) mass is 243 g/mol. The number of imidazole rings is 1. The van der Waals surface area contributed by atoms with Gasteiger partial charge in [0.15, 0.2) is 17.3 Å². The van der Waals surface area contributed by atoms with Gasteiger partial charge < -0.3 is 14.0 Å². The molecule has 1 aromatic heterocycles. The van der Waals surface area contributed by atoms with Gasteiger partial charge in [-0.05, 0) is 18.2 Å². The Hall–Kier alpha value is -2.30. The molecule has 5 nitrogen and oxygen atoms in total. The van der Waals surface area contributed by atoms with Gasteiger partial charge in [0.05, 0.1) is 18.1 Å². The number of fused-ring (bicyclic) bond motifs is 1. The molecule has 0 aliphatic carbocycles. The van der Waals surface area contributed by atoms with E-state index in [4.69, 9.17) is 9.47 Å². The second-order valence-corrected chi connectivity index (χ2v) is 4.02. The van der Waals surface area contributed by atoms with Crippen molar-refractivity contribution in [2.75, 3.05) is 13.8 Å². The van der Waals surface area contributed by atoms with Gasteiger partial charge in [-0.25, -0.2) is 4.98 Å². The lowest BCUT2D eigenvalue weighted by molar-refractivity contribution is 0.174. The summed E-state index contributed by atoms with van der Waals surface area (Å²) < 4.78 is 12.7. The van der Waals surface area contributed by atoms with Crippen molar-refractivity contribution in [2.45, 2.75) is 0 Å². The topological polar surface area (TPSA) is 48.6 Å². The molecule has 0 unspecified atom stereocenters. The van der Waals surface area contributed by atoms with Crippen molar-refractivity contribution in [3.63, 3.8) is 0 Å². The predicted molar refractivity (Wildman–Crippen MR) is 68.3 cm³/mol. The number of nitrogens with zero attached hydrogens (tertiary/aromatic N) is 3. The van der Waals surface area contributed by atoms with Crippen molar-refractivity contribution in [3.8, 4) is 22.8 Å². The Morgan fingerprint density at radius 2 is 2.17 bits per heavy atom. The summed E-state index contributed by atoms with van der Waals surface area (Å²) in [5.74, 6) is 2.39. The Bertz CT molecular complexity index is 617. The van der Waals surface area contributed by atoms with Gasteiger partial charge in [0.2, 0.25) is 6.79 Å². The maximum Gasteiger partial charge on any atom is 0.231 e. The highest BCUT2D eigenvalue weighted by Crippen LogP contribution is 2.35. The minimum absolute atomic E-state index is 0.290. The van der Waals surface area contributed by atoms with Crippen molar-refractivity contribution in [2.24, 2.45) is 12.0 Å². The van der Waals surface area contributed by atoms with Gasteiger partial charge in [-0.15, -0.1) is 0 Å². The second kappa shape index (κ2) is 4.18. The molecule has 0 saturated carbocycles. The smallest absolute Gasteiger partial charge is 0.231 e. The molecule has 0 amide bonds. The van der Waals surface area contributed by atoms with Crippen LogP contribution in [0.5, 0.6) is 11.5 Å². The van der Waals surface area contributed by atoms with Crippen LogP contribution in [-0.4, -0.2) is 29.6 Å². The molecule has 0 N–H and O–H groups in total. The van der Waals surface area contributed by atoms with Crippen molar-refractivity contribution in [3.05, 3.63) is 30.2 Å². The standard InChI is InChI=1S/C13H13N3O2/c1-14-7-13-15-6-10(16(13)2)9-3-4-11-12(5-9)18-8-17-11/h3-7H,8H2,1-2H3. The van der Waals surface area contributed by atoms with E-state index in [0.717, 1.165) is 28.6 Å². The van der Waals surface area contributed by atoms with E-state index in [2.05, 4.69) is 9.98 Å². The van der Waals surface area contributed by atoms with E-state index < -0.39 is 0 Å². The zero-order valence-electron chi connectivity index (χ0n) is 10.3. The quantitative estimate of drug-likeness (QED) is 0.756. The van der Waals surface area contributed by atoms with E-state index in [9.17, 15) is 0 Å². The Morgan fingerprint density at radius 1 is 1.33 bits per heavy atom. The molecule has 92 valence electrons. The van der Waals surface area contributed by atoms with Crippen molar-refractivity contribution < 1.29 is 9.47 Å². The number of hydrogen-bond acceptors (Lipinski definition) is 4. The summed E-state index contributed by atoms with van der Waals surface area (Å²) in [7, 11) is 3.69. The first kappa shape index (κ1) is 10.8. The molecule has 0 bridgehead atoms. The number of aliphatic imine (C=N–C) groups is 1. The van der Waals surface area contributed by atoms with Gasteiger partial charge in [-0.3, -0.25) is 4.99 Å². The maximum atomic E-state index is 5.38. The summed E-state index contributed by atoms with van der Waals surface area (Å²) >= 11 is 0. The normalized spacial score (nSPS) is 13.4. The molecule has 0 radical (unpaired) electrons. The van der Waals surface area contributed by atoms with Crippen LogP contribution in [0.25, 0.3) is 11.3 Å². The molecule has 0 saturated heterocycles. The number of benzene rings is 1. The summed E-state index contributed by atoms with van der Waals surface area (Å²) in [6.45, 7) is 0.290. The zero-order chi connectivity index (χ0) is 12.5. The summed E-state index contributed by atoms with van der Waals surface area (Å²) in [4.78, 5) is 8.30. The molecule has 3 rings (SSSR count). The third-order valence-electron chi connectivity index (χ3n) is 2.94. The number of rotatable bonds is 2. The second-order valence-electron chi connectivity index (χ2n) is 4.02. The van der Waals surface area contributed by atoms with Crippen molar-refractivity contribution >= 4 is 6.21 Å². The van der Waals surface area contributed by atoms with E-state index in [1.807, 2.05) is 36.0 Å². The first-order valence-corrected chi connectivity index (χ1v) is 5.63. The summed E-state index contributed by atoms with van der Waals surface area (Å²) in [6, 6.07) is 5.88. The van der Waals surface area contributed by atoms with Crippen molar-refractivity contribution in [1.82, 2.24) is 9.55 Å².